The zero-order valence-electron chi connectivity index (χ0n) is 9.61. The first-order valence-electron chi connectivity index (χ1n) is 5.49. The average molecular weight is 265 g/mol. The fraction of sp³-hybridized carbons (Fsp3) is 0.700. The van der Waals surface area contributed by atoms with Crippen LogP contribution >= 0.6 is 10.7 Å². The summed E-state index contributed by atoms with van der Waals surface area (Å²) in [5, 5.41) is -0.0393. The van der Waals surface area contributed by atoms with Gasteiger partial charge in [0.2, 0.25) is 0 Å². The molecular weight excluding hydrogens is 248 g/mol. The van der Waals surface area contributed by atoms with Gasteiger partial charge >= 0.3 is 0 Å². The number of hydrogen-bond acceptors (Lipinski definition) is 3. The van der Waals surface area contributed by atoms with Crippen LogP contribution in [0.1, 0.15) is 38.9 Å². The predicted molar refractivity (Wildman–Crippen MR) is 64.2 cm³/mol. The van der Waals surface area contributed by atoms with Crippen LogP contribution in [0.4, 0.5) is 0 Å². The van der Waals surface area contributed by atoms with E-state index in [0.29, 0.717) is 6.42 Å². The highest BCUT2D eigenvalue weighted by Crippen LogP contribution is 2.15. The van der Waals surface area contributed by atoms with Crippen LogP contribution in [-0.4, -0.2) is 18.0 Å². The second-order valence-electron chi connectivity index (χ2n) is 3.69. The number of rotatable bonds is 6. The van der Waals surface area contributed by atoms with Gasteiger partial charge in [-0.2, -0.15) is 0 Å². The second-order valence-corrected chi connectivity index (χ2v) is 6.20. The lowest BCUT2D eigenvalue weighted by molar-refractivity contribution is 0.582. The Balaban J connectivity index is 2.87. The molecule has 0 aliphatic carbocycles. The largest absolute Gasteiger partial charge is 0.334 e. The molecule has 92 valence electrons. The monoisotopic (exact) mass is 264 g/mol. The minimum atomic E-state index is -3.70. The highest BCUT2D eigenvalue weighted by atomic mass is 35.7. The van der Waals surface area contributed by atoms with Gasteiger partial charge in [-0.25, -0.2) is 13.4 Å². The number of nitrogens with zero attached hydrogens (tertiary/aromatic N) is 2. The quantitative estimate of drug-likeness (QED) is 0.586. The van der Waals surface area contributed by atoms with Crippen LogP contribution in [0.25, 0.3) is 0 Å². The Morgan fingerprint density at radius 3 is 2.56 bits per heavy atom. The van der Waals surface area contributed by atoms with Gasteiger partial charge in [-0.15, -0.1) is 0 Å². The van der Waals surface area contributed by atoms with E-state index in [9.17, 15) is 8.42 Å². The van der Waals surface area contributed by atoms with Crippen molar-refractivity contribution in [3.63, 3.8) is 0 Å². The summed E-state index contributed by atoms with van der Waals surface area (Å²) in [6.07, 6.45) is 5.53. The van der Waals surface area contributed by atoms with E-state index < -0.39 is 9.05 Å². The third-order valence-corrected chi connectivity index (χ3v) is 3.58. The van der Waals surface area contributed by atoms with Crippen molar-refractivity contribution < 1.29 is 8.42 Å². The fourth-order valence-electron chi connectivity index (χ4n) is 1.55. The van der Waals surface area contributed by atoms with E-state index in [1.165, 1.54) is 6.20 Å². The summed E-state index contributed by atoms with van der Waals surface area (Å²) in [5.74, 6) is 0.773. The van der Waals surface area contributed by atoms with Crippen molar-refractivity contribution in [2.24, 2.45) is 0 Å². The standard InChI is InChI=1S/C10H17ClN2O2S/c1-3-5-6-7-13-8-10(16(11,14)15)12-9(13)4-2/h8H,3-7H2,1-2H3. The average Bonchev–Trinajstić information content (AvgIpc) is 2.61. The minimum Gasteiger partial charge on any atom is -0.334 e. The number of imidazole rings is 1. The first-order chi connectivity index (χ1) is 7.49. The van der Waals surface area contributed by atoms with Gasteiger partial charge < -0.3 is 4.57 Å². The Hall–Kier alpha value is -0.550. The third kappa shape index (κ3) is 3.49. The molecule has 0 amide bonds. The highest BCUT2D eigenvalue weighted by Gasteiger charge is 2.16. The molecule has 0 unspecified atom stereocenters. The third-order valence-electron chi connectivity index (χ3n) is 2.41. The molecule has 0 fully saturated rings. The van der Waals surface area contributed by atoms with Crippen LogP contribution in [0.2, 0.25) is 0 Å². The molecule has 1 aromatic rings. The maximum atomic E-state index is 11.1. The molecule has 0 aliphatic rings. The van der Waals surface area contributed by atoms with Crippen molar-refractivity contribution in [1.82, 2.24) is 9.55 Å². The van der Waals surface area contributed by atoms with Gasteiger partial charge in [0.05, 0.1) is 0 Å². The van der Waals surface area contributed by atoms with E-state index in [1.54, 1.807) is 0 Å². The Kier molecular flexibility index (Phi) is 4.80. The van der Waals surface area contributed by atoms with Gasteiger partial charge in [-0.3, -0.25) is 0 Å². The lowest BCUT2D eigenvalue weighted by Gasteiger charge is -2.04. The lowest BCUT2D eigenvalue weighted by atomic mass is 10.2. The molecule has 1 rings (SSSR count). The molecule has 16 heavy (non-hydrogen) atoms. The number of hydrogen-bond donors (Lipinski definition) is 0. The Morgan fingerprint density at radius 1 is 1.38 bits per heavy atom. The van der Waals surface area contributed by atoms with E-state index in [0.717, 1.165) is 31.6 Å². The van der Waals surface area contributed by atoms with Crippen LogP contribution in [0.5, 0.6) is 0 Å². The molecule has 1 heterocycles. The Bertz CT molecular complexity index is 440. The highest BCUT2D eigenvalue weighted by molar-refractivity contribution is 8.13. The second kappa shape index (κ2) is 5.68. The van der Waals surface area contributed by atoms with Crippen molar-refractivity contribution in [1.29, 1.82) is 0 Å². The van der Waals surface area contributed by atoms with E-state index in [1.807, 2.05) is 11.5 Å². The van der Waals surface area contributed by atoms with Crippen molar-refractivity contribution in [2.45, 2.75) is 51.1 Å². The molecule has 4 nitrogen and oxygen atoms in total. The first kappa shape index (κ1) is 13.5. The van der Waals surface area contributed by atoms with Crippen LogP contribution in [-0.2, 0) is 22.0 Å². The van der Waals surface area contributed by atoms with E-state index in [4.69, 9.17) is 10.7 Å². The first-order valence-corrected chi connectivity index (χ1v) is 7.80. The zero-order valence-corrected chi connectivity index (χ0v) is 11.2. The van der Waals surface area contributed by atoms with E-state index in [2.05, 4.69) is 11.9 Å². The molecule has 0 N–H and O–H groups in total. The van der Waals surface area contributed by atoms with Crippen LogP contribution in [0.15, 0.2) is 11.2 Å². The number of aromatic nitrogens is 2. The van der Waals surface area contributed by atoms with Crippen molar-refractivity contribution in [3.8, 4) is 0 Å². The fourth-order valence-corrected chi connectivity index (χ4v) is 2.24. The van der Waals surface area contributed by atoms with Crippen LogP contribution in [0.3, 0.4) is 0 Å². The van der Waals surface area contributed by atoms with Gasteiger partial charge in [0.15, 0.2) is 5.03 Å². The van der Waals surface area contributed by atoms with Crippen molar-refractivity contribution in [3.05, 3.63) is 12.0 Å². The summed E-state index contributed by atoms with van der Waals surface area (Å²) in [4.78, 5) is 4.02. The number of aryl methyl sites for hydroxylation is 2. The molecule has 0 bridgehead atoms. The van der Waals surface area contributed by atoms with Gasteiger partial charge in [-0.1, -0.05) is 26.7 Å². The molecule has 6 heteroatoms. The molecule has 0 aromatic carbocycles. The van der Waals surface area contributed by atoms with Crippen LogP contribution in [0, 0.1) is 0 Å². The summed E-state index contributed by atoms with van der Waals surface area (Å²) < 4.78 is 24.1. The lowest BCUT2D eigenvalue weighted by Crippen LogP contribution is -2.01. The van der Waals surface area contributed by atoms with Gasteiger partial charge in [0.1, 0.15) is 5.82 Å². The predicted octanol–water partition coefficient (Wildman–Crippen LogP) is 2.56. The van der Waals surface area contributed by atoms with Crippen molar-refractivity contribution in [2.75, 3.05) is 0 Å². The number of halogens is 1. The molecule has 0 spiro atoms. The zero-order chi connectivity index (χ0) is 12.2. The maximum absolute atomic E-state index is 11.1. The Labute approximate surface area is 101 Å². The van der Waals surface area contributed by atoms with Gasteiger partial charge in [0, 0.05) is 29.8 Å². The molecule has 0 atom stereocenters. The smallest absolute Gasteiger partial charge is 0.280 e. The molecule has 1 aromatic heterocycles. The SMILES string of the molecule is CCCCCn1cc(S(=O)(=O)Cl)nc1CC. The summed E-state index contributed by atoms with van der Waals surface area (Å²) in [5.41, 5.74) is 0. The van der Waals surface area contributed by atoms with E-state index >= 15 is 0 Å². The topological polar surface area (TPSA) is 52.0 Å². The summed E-state index contributed by atoms with van der Waals surface area (Å²) >= 11 is 0. The molecule has 0 aliphatic heterocycles. The van der Waals surface area contributed by atoms with Crippen LogP contribution < -0.4 is 0 Å². The minimum absolute atomic E-state index is 0.0393. The molecule has 0 saturated carbocycles. The summed E-state index contributed by atoms with van der Waals surface area (Å²) in [6.45, 7) is 4.88. The summed E-state index contributed by atoms with van der Waals surface area (Å²) in [7, 11) is 1.55. The summed E-state index contributed by atoms with van der Waals surface area (Å²) in [6, 6.07) is 0. The van der Waals surface area contributed by atoms with E-state index in [-0.39, 0.29) is 5.03 Å². The van der Waals surface area contributed by atoms with Crippen molar-refractivity contribution >= 4 is 19.7 Å². The van der Waals surface area contributed by atoms with Gasteiger partial charge in [0.25, 0.3) is 9.05 Å². The maximum Gasteiger partial charge on any atom is 0.280 e. The molecule has 0 radical (unpaired) electrons. The van der Waals surface area contributed by atoms with Gasteiger partial charge in [-0.05, 0) is 6.42 Å². The Morgan fingerprint density at radius 2 is 2.06 bits per heavy atom. The normalized spacial score (nSPS) is 11.9. The molecule has 0 saturated heterocycles. The number of unbranched alkanes of at least 4 members (excludes halogenated alkanes) is 2. The molecular formula is C10H17ClN2O2S.